The summed E-state index contributed by atoms with van der Waals surface area (Å²) in [7, 11) is 0. The minimum Gasteiger partial charge on any atom is -0.481 e. The second-order valence-electron chi connectivity index (χ2n) is 6.99. The number of nitrogens with zero attached hydrogens (tertiary/aromatic N) is 1. The number of pyridine rings is 1. The standard InChI is InChI=1S/C25H22N2O2/c1-18(29-24-11-8-21-4-2-3-5-22(21)17-24)25(28)27-23-9-6-19(7-10-23)16-20-12-14-26-15-13-20/h2-15,17-18H,16H2,1H3,(H,27,28). The average molecular weight is 382 g/mol. The molecule has 1 amide bonds. The zero-order valence-electron chi connectivity index (χ0n) is 16.2. The Bertz CT molecular complexity index is 1110. The van der Waals surface area contributed by atoms with Gasteiger partial charge in [-0.05, 0) is 71.6 Å². The number of rotatable bonds is 6. The number of carbonyl (C=O) groups is 1. The Morgan fingerprint density at radius 1 is 0.897 bits per heavy atom. The van der Waals surface area contributed by atoms with Crippen LogP contribution in [0.25, 0.3) is 10.8 Å². The van der Waals surface area contributed by atoms with E-state index in [0.717, 1.165) is 22.9 Å². The second kappa shape index (κ2) is 8.57. The van der Waals surface area contributed by atoms with Crippen LogP contribution in [0.2, 0.25) is 0 Å². The zero-order valence-corrected chi connectivity index (χ0v) is 16.2. The van der Waals surface area contributed by atoms with E-state index in [1.165, 1.54) is 11.1 Å². The second-order valence-corrected chi connectivity index (χ2v) is 6.99. The highest BCUT2D eigenvalue weighted by Gasteiger charge is 2.15. The summed E-state index contributed by atoms with van der Waals surface area (Å²) in [4.78, 5) is 16.5. The van der Waals surface area contributed by atoms with Gasteiger partial charge < -0.3 is 10.1 Å². The molecule has 0 aliphatic heterocycles. The highest BCUT2D eigenvalue weighted by atomic mass is 16.5. The fourth-order valence-electron chi connectivity index (χ4n) is 3.18. The van der Waals surface area contributed by atoms with Crippen molar-refractivity contribution in [3.63, 3.8) is 0 Å². The summed E-state index contributed by atoms with van der Waals surface area (Å²) >= 11 is 0. The van der Waals surface area contributed by atoms with Gasteiger partial charge in [0.15, 0.2) is 6.10 Å². The van der Waals surface area contributed by atoms with Gasteiger partial charge in [-0.15, -0.1) is 0 Å². The predicted molar refractivity (Wildman–Crippen MR) is 116 cm³/mol. The van der Waals surface area contributed by atoms with Gasteiger partial charge in [-0.3, -0.25) is 9.78 Å². The number of ether oxygens (including phenoxy) is 1. The lowest BCUT2D eigenvalue weighted by Gasteiger charge is -2.15. The highest BCUT2D eigenvalue weighted by Crippen LogP contribution is 2.22. The van der Waals surface area contributed by atoms with Crippen LogP contribution in [0.15, 0.2) is 91.3 Å². The zero-order chi connectivity index (χ0) is 20.1. The third-order valence-corrected chi connectivity index (χ3v) is 4.78. The molecule has 0 saturated carbocycles. The summed E-state index contributed by atoms with van der Waals surface area (Å²) in [6, 6.07) is 25.8. The van der Waals surface area contributed by atoms with E-state index in [4.69, 9.17) is 4.74 Å². The van der Waals surface area contributed by atoms with E-state index < -0.39 is 6.10 Å². The molecule has 4 nitrogen and oxygen atoms in total. The Hall–Kier alpha value is -3.66. The predicted octanol–water partition coefficient (Wildman–Crippen LogP) is 5.23. The van der Waals surface area contributed by atoms with Gasteiger partial charge in [0.2, 0.25) is 0 Å². The van der Waals surface area contributed by atoms with Gasteiger partial charge in [-0.25, -0.2) is 0 Å². The van der Waals surface area contributed by atoms with Crippen LogP contribution in [0.4, 0.5) is 5.69 Å². The molecular weight excluding hydrogens is 360 g/mol. The summed E-state index contributed by atoms with van der Waals surface area (Å²) in [5.74, 6) is 0.499. The third-order valence-electron chi connectivity index (χ3n) is 4.78. The van der Waals surface area contributed by atoms with Crippen LogP contribution in [-0.2, 0) is 11.2 Å². The summed E-state index contributed by atoms with van der Waals surface area (Å²) in [5.41, 5.74) is 3.13. The number of hydrogen-bond acceptors (Lipinski definition) is 3. The third kappa shape index (κ3) is 4.79. The van der Waals surface area contributed by atoms with Gasteiger partial charge in [0.25, 0.3) is 5.91 Å². The lowest BCUT2D eigenvalue weighted by molar-refractivity contribution is -0.122. The molecule has 0 saturated heterocycles. The molecule has 0 radical (unpaired) electrons. The van der Waals surface area contributed by atoms with E-state index >= 15 is 0 Å². The maximum absolute atomic E-state index is 12.5. The Kier molecular flexibility index (Phi) is 5.52. The largest absolute Gasteiger partial charge is 0.481 e. The van der Waals surface area contributed by atoms with Crippen molar-refractivity contribution in [2.75, 3.05) is 5.32 Å². The van der Waals surface area contributed by atoms with Crippen molar-refractivity contribution in [3.05, 3.63) is 102 Å². The Morgan fingerprint density at radius 3 is 2.34 bits per heavy atom. The van der Waals surface area contributed by atoms with Crippen LogP contribution in [0, 0.1) is 0 Å². The molecule has 0 aliphatic rings. The van der Waals surface area contributed by atoms with E-state index in [-0.39, 0.29) is 5.91 Å². The van der Waals surface area contributed by atoms with E-state index in [1.807, 2.05) is 78.9 Å². The van der Waals surface area contributed by atoms with E-state index in [1.54, 1.807) is 19.3 Å². The van der Waals surface area contributed by atoms with Crippen LogP contribution in [0.5, 0.6) is 5.75 Å². The van der Waals surface area contributed by atoms with Gasteiger partial charge >= 0.3 is 0 Å². The molecule has 144 valence electrons. The number of benzene rings is 3. The van der Waals surface area contributed by atoms with Crippen molar-refractivity contribution in [2.45, 2.75) is 19.4 Å². The van der Waals surface area contributed by atoms with Gasteiger partial charge in [0.1, 0.15) is 5.75 Å². The van der Waals surface area contributed by atoms with Crippen molar-refractivity contribution in [1.82, 2.24) is 4.98 Å². The van der Waals surface area contributed by atoms with Crippen LogP contribution in [0.3, 0.4) is 0 Å². The molecule has 1 N–H and O–H groups in total. The number of hydrogen-bond donors (Lipinski definition) is 1. The Labute approximate surface area is 170 Å². The van der Waals surface area contributed by atoms with Crippen molar-refractivity contribution >= 4 is 22.4 Å². The summed E-state index contributed by atoms with van der Waals surface area (Å²) in [6.07, 6.45) is 3.81. The monoisotopic (exact) mass is 382 g/mol. The van der Waals surface area contributed by atoms with Crippen molar-refractivity contribution in [1.29, 1.82) is 0 Å². The number of aromatic nitrogens is 1. The number of fused-ring (bicyclic) bond motifs is 1. The fraction of sp³-hybridized carbons (Fsp3) is 0.120. The average Bonchev–Trinajstić information content (AvgIpc) is 2.76. The normalized spacial score (nSPS) is 11.8. The fourth-order valence-corrected chi connectivity index (χ4v) is 3.18. The van der Waals surface area contributed by atoms with Gasteiger partial charge in [0, 0.05) is 18.1 Å². The molecule has 0 fully saturated rings. The van der Waals surface area contributed by atoms with Gasteiger partial charge in [-0.1, -0.05) is 42.5 Å². The quantitative estimate of drug-likeness (QED) is 0.497. The Balaban J connectivity index is 1.36. The van der Waals surface area contributed by atoms with Crippen molar-refractivity contribution in [3.8, 4) is 5.75 Å². The van der Waals surface area contributed by atoms with Crippen molar-refractivity contribution in [2.24, 2.45) is 0 Å². The maximum Gasteiger partial charge on any atom is 0.265 e. The summed E-state index contributed by atoms with van der Waals surface area (Å²) < 4.78 is 5.84. The lowest BCUT2D eigenvalue weighted by atomic mass is 10.1. The number of nitrogens with one attached hydrogen (secondary N) is 1. The Morgan fingerprint density at radius 2 is 1.59 bits per heavy atom. The van der Waals surface area contributed by atoms with Gasteiger partial charge in [0.05, 0.1) is 0 Å². The molecule has 0 spiro atoms. The van der Waals surface area contributed by atoms with Crippen LogP contribution >= 0.6 is 0 Å². The number of anilines is 1. The first-order chi connectivity index (χ1) is 14.2. The number of amides is 1. The molecule has 0 aliphatic carbocycles. The molecule has 3 aromatic carbocycles. The first-order valence-electron chi connectivity index (χ1n) is 9.61. The molecule has 0 bridgehead atoms. The molecule has 1 aromatic heterocycles. The molecule has 4 aromatic rings. The molecule has 4 rings (SSSR count). The smallest absolute Gasteiger partial charge is 0.265 e. The van der Waals surface area contributed by atoms with Crippen LogP contribution < -0.4 is 10.1 Å². The van der Waals surface area contributed by atoms with E-state index in [0.29, 0.717) is 5.75 Å². The maximum atomic E-state index is 12.5. The van der Waals surface area contributed by atoms with E-state index in [2.05, 4.69) is 10.3 Å². The molecule has 29 heavy (non-hydrogen) atoms. The van der Waals surface area contributed by atoms with Crippen molar-refractivity contribution < 1.29 is 9.53 Å². The molecule has 1 unspecified atom stereocenters. The molecule has 4 heteroatoms. The summed E-state index contributed by atoms with van der Waals surface area (Å²) in [5, 5.41) is 5.14. The minimum atomic E-state index is -0.604. The van der Waals surface area contributed by atoms with Crippen LogP contribution in [-0.4, -0.2) is 17.0 Å². The first kappa shape index (κ1) is 18.7. The molecular formula is C25H22N2O2. The van der Waals surface area contributed by atoms with Gasteiger partial charge in [-0.2, -0.15) is 0 Å². The van der Waals surface area contributed by atoms with Crippen LogP contribution in [0.1, 0.15) is 18.1 Å². The molecule has 1 heterocycles. The minimum absolute atomic E-state index is 0.181. The van der Waals surface area contributed by atoms with E-state index in [9.17, 15) is 4.79 Å². The first-order valence-corrected chi connectivity index (χ1v) is 9.61. The summed E-state index contributed by atoms with van der Waals surface area (Å²) in [6.45, 7) is 1.75. The number of carbonyl (C=O) groups excluding carboxylic acids is 1. The molecule has 1 atom stereocenters. The highest BCUT2D eigenvalue weighted by molar-refractivity contribution is 5.94. The SMILES string of the molecule is CC(Oc1ccc2ccccc2c1)C(=O)Nc1ccc(Cc2ccncc2)cc1. The topological polar surface area (TPSA) is 51.2 Å². The lowest BCUT2D eigenvalue weighted by Crippen LogP contribution is -2.30.